The van der Waals surface area contributed by atoms with Crippen molar-refractivity contribution in [1.82, 2.24) is 0 Å². The summed E-state index contributed by atoms with van der Waals surface area (Å²) in [4.78, 5) is 12.6. The van der Waals surface area contributed by atoms with Gasteiger partial charge in [-0.2, -0.15) is 0 Å². The molecule has 7 atom stereocenters. The molecule has 28 heavy (non-hydrogen) atoms. The predicted octanol–water partition coefficient (Wildman–Crippen LogP) is 1.85. The van der Waals surface area contributed by atoms with Crippen molar-refractivity contribution in [3.63, 3.8) is 0 Å². The molecule has 2 saturated heterocycles. The fourth-order valence-electron chi connectivity index (χ4n) is 5.88. The number of hydrogen-bond acceptors (Lipinski definition) is 6. The molecular weight excluding hydrogens is 360 g/mol. The Morgan fingerprint density at radius 2 is 2.00 bits per heavy atom. The van der Waals surface area contributed by atoms with Gasteiger partial charge in [0.2, 0.25) is 0 Å². The van der Waals surface area contributed by atoms with E-state index in [0.29, 0.717) is 18.6 Å². The first-order chi connectivity index (χ1) is 13.4. The van der Waals surface area contributed by atoms with Crippen LogP contribution in [0.25, 0.3) is 0 Å². The van der Waals surface area contributed by atoms with Crippen molar-refractivity contribution in [3.05, 3.63) is 47.5 Å². The molecule has 1 aromatic carbocycles. The summed E-state index contributed by atoms with van der Waals surface area (Å²) in [5.74, 6) is -0.399. The van der Waals surface area contributed by atoms with Crippen LogP contribution < -0.4 is 0 Å². The number of rotatable bonds is 3. The minimum Gasteiger partial charge on any atom is -0.461 e. The largest absolute Gasteiger partial charge is 0.461 e. The minimum absolute atomic E-state index is 0.104. The molecule has 150 valence electrons. The van der Waals surface area contributed by atoms with E-state index in [0.717, 1.165) is 6.42 Å². The van der Waals surface area contributed by atoms with Crippen LogP contribution in [0.15, 0.2) is 42.0 Å². The second kappa shape index (κ2) is 5.89. The smallest absolute Gasteiger partial charge is 0.338 e. The number of aliphatic hydroxyl groups is 2. The summed E-state index contributed by atoms with van der Waals surface area (Å²) in [7, 11) is 0. The number of esters is 1. The average molecular weight is 386 g/mol. The number of aliphatic hydroxyl groups excluding tert-OH is 2. The summed E-state index contributed by atoms with van der Waals surface area (Å²) in [5, 5.41) is 21.8. The first-order valence-corrected chi connectivity index (χ1v) is 9.91. The number of allylic oxidation sites excluding steroid dienone is 1. The Hall–Kier alpha value is -1.73. The second-order valence-electron chi connectivity index (χ2n) is 8.90. The van der Waals surface area contributed by atoms with Gasteiger partial charge in [0, 0.05) is 10.8 Å². The van der Waals surface area contributed by atoms with Gasteiger partial charge in [0.1, 0.15) is 24.4 Å². The summed E-state index contributed by atoms with van der Waals surface area (Å²) in [5.41, 5.74) is -0.473. The van der Waals surface area contributed by atoms with Crippen LogP contribution in [0.2, 0.25) is 0 Å². The molecule has 0 aromatic heterocycles. The molecule has 2 bridgehead atoms. The molecule has 6 heteroatoms. The van der Waals surface area contributed by atoms with E-state index in [-0.39, 0.29) is 12.7 Å². The second-order valence-corrected chi connectivity index (χ2v) is 8.90. The predicted molar refractivity (Wildman–Crippen MR) is 99.6 cm³/mol. The maximum Gasteiger partial charge on any atom is 0.338 e. The number of epoxide rings is 1. The summed E-state index contributed by atoms with van der Waals surface area (Å²) in [6.07, 6.45) is 0.632. The molecule has 2 heterocycles. The SMILES string of the molecule is CC1=C[C@H]2O[C@@H]3[C@H](O)[C@@H](O)[C@](C)([C@@]2(COC(=O)c2ccccc2)CC1)[C@]31CO1. The molecule has 0 radical (unpaired) electrons. The highest BCUT2D eigenvalue weighted by Crippen LogP contribution is 2.71. The van der Waals surface area contributed by atoms with Crippen LogP contribution in [-0.2, 0) is 14.2 Å². The molecule has 1 aromatic rings. The van der Waals surface area contributed by atoms with E-state index in [2.05, 4.69) is 13.0 Å². The lowest BCUT2D eigenvalue weighted by Gasteiger charge is -2.57. The third-order valence-corrected chi connectivity index (χ3v) is 7.76. The molecule has 4 aliphatic rings. The van der Waals surface area contributed by atoms with Crippen LogP contribution in [0.5, 0.6) is 0 Å². The zero-order valence-corrected chi connectivity index (χ0v) is 16.1. The highest BCUT2D eigenvalue weighted by Gasteiger charge is 2.84. The Kier molecular flexibility index (Phi) is 3.85. The van der Waals surface area contributed by atoms with E-state index in [1.165, 1.54) is 5.57 Å². The van der Waals surface area contributed by atoms with Gasteiger partial charge in [-0.1, -0.05) is 36.8 Å². The van der Waals surface area contributed by atoms with E-state index >= 15 is 0 Å². The lowest BCUT2D eigenvalue weighted by molar-refractivity contribution is -0.226. The van der Waals surface area contributed by atoms with Gasteiger partial charge >= 0.3 is 5.97 Å². The quantitative estimate of drug-likeness (QED) is 0.468. The van der Waals surface area contributed by atoms with Gasteiger partial charge in [-0.25, -0.2) is 4.79 Å². The fourth-order valence-corrected chi connectivity index (χ4v) is 5.88. The van der Waals surface area contributed by atoms with Crippen molar-refractivity contribution in [2.45, 2.75) is 56.7 Å². The van der Waals surface area contributed by atoms with Crippen molar-refractivity contribution in [2.75, 3.05) is 13.2 Å². The van der Waals surface area contributed by atoms with Crippen LogP contribution in [0.1, 0.15) is 37.0 Å². The van der Waals surface area contributed by atoms with Crippen molar-refractivity contribution in [2.24, 2.45) is 10.8 Å². The Morgan fingerprint density at radius 3 is 2.68 bits per heavy atom. The highest BCUT2D eigenvalue weighted by molar-refractivity contribution is 5.89. The van der Waals surface area contributed by atoms with Gasteiger partial charge < -0.3 is 24.4 Å². The number of fused-ring (bicyclic) bond motifs is 2. The fraction of sp³-hybridized carbons (Fsp3) is 0.591. The van der Waals surface area contributed by atoms with Crippen LogP contribution in [-0.4, -0.2) is 59.4 Å². The topological polar surface area (TPSA) is 88.5 Å². The van der Waals surface area contributed by atoms with Gasteiger partial charge in [-0.05, 0) is 31.9 Å². The summed E-state index contributed by atoms with van der Waals surface area (Å²) in [6.45, 7) is 4.56. The van der Waals surface area contributed by atoms with E-state index in [1.54, 1.807) is 24.3 Å². The molecule has 1 saturated carbocycles. The average Bonchev–Trinajstić information content (AvgIpc) is 3.49. The van der Waals surface area contributed by atoms with Crippen molar-refractivity contribution >= 4 is 5.97 Å². The van der Waals surface area contributed by atoms with Crippen LogP contribution in [0.4, 0.5) is 0 Å². The third-order valence-electron chi connectivity index (χ3n) is 7.76. The van der Waals surface area contributed by atoms with Crippen molar-refractivity contribution in [3.8, 4) is 0 Å². The normalized spacial score (nSPS) is 46.1. The summed E-state index contributed by atoms with van der Waals surface area (Å²) >= 11 is 0. The van der Waals surface area contributed by atoms with Crippen LogP contribution in [0.3, 0.4) is 0 Å². The molecule has 0 unspecified atom stereocenters. The molecule has 2 aliphatic carbocycles. The van der Waals surface area contributed by atoms with E-state index in [1.807, 2.05) is 13.0 Å². The summed E-state index contributed by atoms with van der Waals surface area (Å²) < 4.78 is 18.0. The molecule has 1 spiro atoms. The number of hydrogen-bond donors (Lipinski definition) is 2. The Labute approximate surface area is 164 Å². The molecule has 2 N–H and O–H groups in total. The summed E-state index contributed by atoms with van der Waals surface area (Å²) in [6, 6.07) is 8.88. The number of benzene rings is 1. The van der Waals surface area contributed by atoms with Gasteiger partial charge in [-0.15, -0.1) is 0 Å². The van der Waals surface area contributed by atoms with Crippen LogP contribution in [0, 0.1) is 10.8 Å². The van der Waals surface area contributed by atoms with Gasteiger partial charge in [0.15, 0.2) is 0 Å². The van der Waals surface area contributed by atoms with Gasteiger partial charge in [-0.3, -0.25) is 0 Å². The monoisotopic (exact) mass is 386 g/mol. The maximum atomic E-state index is 12.6. The molecule has 3 fully saturated rings. The molecule has 6 nitrogen and oxygen atoms in total. The lowest BCUT2D eigenvalue weighted by Crippen LogP contribution is -2.66. The Morgan fingerprint density at radius 1 is 1.29 bits per heavy atom. The third kappa shape index (κ3) is 2.09. The van der Waals surface area contributed by atoms with Gasteiger partial charge in [0.25, 0.3) is 0 Å². The van der Waals surface area contributed by atoms with Crippen LogP contribution >= 0.6 is 0 Å². The molecule has 5 rings (SSSR count). The first-order valence-electron chi connectivity index (χ1n) is 9.91. The lowest BCUT2D eigenvalue weighted by atomic mass is 9.51. The maximum absolute atomic E-state index is 12.6. The molecule has 0 amide bonds. The zero-order valence-electron chi connectivity index (χ0n) is 16.1. The first kappa shape index (κ1) is 18.3. The molecule has 2 aliphatic heterocycles. The molecular formula is C22H26O6. The van der Waals surface area contributed by atoms with E-state index < -0.39 is 40.7 Å². The van der Waals surface area contributed by atoms with Gasteiger partial charge in [0.05, 0.1) is 24.4 Å². The number of carbonyl (C=O) groups excluding carboxylic acids is 1. The zero-order chi connectivity index (χ0) is 19.7. The Bertz CT molecular complexity index is 831. The van der Waals surface area contributed by atoms with E-state index in [4.69, 9.17) is 14.2 Å². The number of carbonyl (C=O) groups is 1. The van der Waals surface area contributed by atoms with E-state index in [9.17, 15) is 15.0 Å². The number of ether oxygens (including phenoxy) is 3. The highest BCUT2D eigenvalue weighted by atomic mass is 16.6. The van der Waals surface area contributed by atoms with Crippen molar-refractivity contribution < 1.29 is 29.2 Å². The Balaban J connectivity index is 1.53. The van der Waals surface area contributed by atoms with Crippen molar-refractivity contribution in [1.29, 1.82) is 0 Å². The standard InChI is InChI=1S/C22H26O6/c1-13-8-9-21(11-26-19(25)14-6-4-3-5-7-14)15(10-13)28-18-16(23)17(24)20(21,2)22(18)12-27-22/h3-7,10,15-18,23-24H,8-9,11-12H2,1-2H3/t15-,16-,17-,18-,20-,21-,22+/m1/s1. The minimum atomic E-state index is -1.02.